The molecule has 1 aliphatic heterocycles. The van der Waals surface area contributed by atoms with Crippen LogP contribution < -0.4 is 0 Å². The average Bonchev–Trinajstić information content (AvgIpc) is 3.31. The summed E-state index contributed by atoms with van der Waals surface area (Å²) in [5.74, 6) is -0.604. The number of aliphatic hydroxyl groups is 1. The Bertz CT molecular complexity index is 1030. The summed E-state index contributed by atoms with van der Waals surface area (Å²) in [5, 5.41) is 11.6. The molecule has 0 saturated carbocycles. The lowest BCUT2D eigenvalue weighted by Gasteiger charge is -2.46. The second-order valence-corrected chi connectivity index (χ2v) is 7.73. The van der Waals surface area contributed by atoms with Crippen molar-refractivity contribution in [1.29, 1.82) is 0 Å². The summed E-state index contributed by atoms with van der Waals surface area (Å²) in [6, 6.07) is 26.7. The minimum Gasteiger partial charge on any atom is -0.466 e. The molecular formula is C25H23NO3. The van der Waals surface area contributed by atoms with Crippen molar-refractivity contribution in [3.05, 3.63) is 95.6 Å². The van der Waals surface area contributed by atoms with Crippen molar-refractivity contribution in [2.75, 3.05) is 13.7 Å². The van der Waals surface area contributed by atoms with Crippen LogP contribution in [-0.4, -0.2) is 35.4 Å². The van der Waals surface area contributed by atoms with Crippen molar-refractivity contribution in [3.63, 3.8) is 0 Å². The Balaban J connectivity index is 1.89. The van der Waals surface area contributed by atoms with E-state index in [0.717, 1.165) is 27.8 Å². The first-order valence-corrected chi connectivity index (χ1v) is 9.97. The minimum absolute atomic E-state index is 0.346. The van der Waals surface area contributed by atoms with Crippen LogP contribution >= 0.6 is 0 Å². The van der Waals surface area contributed by atoms with E-state index in [-0.39, 0.29) is 0 Å². The predicted molar refractivity (Wildman–Crippen MR) is 111 cm³/mol. The monoisotopic (exact) mass is 385 g/mol. The summed E-state index contributed by atoms with van der Waals surface area (Å²) in [4.78, 5) is 14.7. The SMILES string of the molecule is COC(=O)C1(O)CCCN1C1(c2ccccc2)c2ccccc2-c2ccccc21. The Morgan fingerprint density at radius 3 is 2.03 bits per heavy atom. The molecule has 0 spiro atoms. The van der Waals surface area contributed by atoms with Crippen molar-refractivity contribution in [2.45, 2.75) is 24.1 Å². The second kappa shape index (κ2) is 6.55. The lowest BCUT2D eigenvalue weighted by atomic mass is 9.78. The molecule has 29 heavy (non-hydrogen) atoms. The first-order chi connectivity index (χ1) is 14.1. The highest BCUT2D eigenvalue weighted by molar-refractivity contribution is 5.85. The first kappa shape index (κ1) is 18.1. The van der Waals surface area contributed by atoms with Crippen LogP contribution in [0, 0.1) is 0 Å². The number of methoxy groups -OCH3 is 1. The van der Waals surface area contributed by atoms with Gasteiger partial charge < -0.3 is 9.84 Å². The van der Waals surface area contributed by atoms with E-state index in [2.05, 4.69) is 36.4 Å². The number of likely N-dealkylation sites (tertiary alicyclic amines) is 1. The van der Waals surface area contributed by atoms with Crippen LogP contribution in [0.1, 0.15) is 29.5 Å². The molecule has 1 fully saturated rings. The topological polar surface area (TPSA) is 49.8 Å². The Hall–Kier alpha value is -2.95. The number of carbonyl (C=O) groups is 1. The first-order valence-electron chi connectivity index (χ1n) is 9.97. The molecule has 3 aromatic rings. The van der Waals surface area contributed by atoms with Gasteiger partial charge in [0.1, 0.15) is 5.54 Å². The molecule has 1 aliphatic carbocycles. The van der Waals surface area contributed by atoms with Crippen molar-refractivity contribution < 1.29 is 14.6 Å². The third-order valence-electron chi connectivity index (χ3n) is 6.39. The summed E-state index contributed by atoms with van der Waals surface area (Å²) in [6.45, 7) is 0.586. The number of fused-ring (bicyclic) bond motifs is 3. The second-order valence-electron chi connectivity index (χ2n) is 7.73. The number of ether oxygens (including phenoxy) is 1. The molecule has 5 rings (SSSR count). The molecule has 0 amide bonds. The van der Waals surface area contributed by atoms with E-state index < -0.39 is 17.2 Å². The lowest BCUT2D eigenvalue weighted by Crippen LogP contribution is -2.60. The molecule has 1 heterocycles. The third-order valence-corrected chi connectivity index (χ3v) is 6.39. The molecule has 1 unspecified atom stereocenters. The Labute approximate surface area is 170 Å². The van der Waals surface area contributed by atoms with E-state index in [4.69, 9.17) is 4.74 Å². The zero-order chi connectivity index (χ0) is 20.1. The van der Waals surface area contributed by atoms with E-state index >= 15 is 0 Å². The van der Waals surface area contributed by atoms with Crippen LogP contribution in [0.5, 0.6) is 0 Å². The van der Waals surface area contributed by atoms with Gasteiger partial charge in [0.2, 0.25) is 5.72 Å². The van der Waals surface area contributed by atoms with Gasteiger partial charge in [0.05, 0.1) is 7.11 Å². The van der Waals surface area contributed by atoms with Gasteiger partial charge in [0, 0.05) is 13.0 Å². The predicted octanol–water partition coefficient (Wildman–Crippen LogP) is 3.92. The van der Waals surface area contributed by atoms with E-state index in [1.54, 1.807) is 0 Å². The summed E-state index contributed by atoms with van der Waals surface area (Å²) in [6.07, 6.45) is 1.06. The maximum Gasteiger partial charge on any atom is 0.353 e. The Morgan fingerprint density at radius 2 is 1.45 bits per heavy atom. The molecule has 0 bridgehead atoms. The van der Waals surface area contributed by atoms with Gasteiger partial charge in [-0.25, -0.2) is 9.69 Å². The van der Waals surface area contributed by atoms with Crippen LogP contribution in [0.3, 0.4) is 0 Å². The van der Waals surface area contributed by atoms with E-state index in [1.165, 1.54) is 7.11 Å². The van der Waals surface area contributed by atoms with Gasteiger partial charge in [-0.1, -0.05) is 78.9 Å². The van der Waals surface area contributed by atoms with Gasteiger partial charge in [0.15, 0.2) is 0 Å². The fraction of sp³-hybridized carbons (Fsp3) is 0.240. The van der Waals surface area contributed by atoms with Crippen LogP contribution in [0.2, 0.25) is 0 Å². The fourth-order valence-corrected chi connectivity index (χ4v) is 5.27. The van der Waals surface area contributed by atoms with Gasteiger partial charge in [-0.2, -0.15) is 0 Å². The zero-order valence-electron chi connectivity index (χ0n) is 16.3. The molecule has 4 nitrogen and oxygen atoms in total. The van der Waals surface area contributed by atoms with E-state index in [9.17, 15) is 9.90 Å². The third kappa shape index (κ3) is 2.30. The van der Waals surface area contributed by atoms with Crippen LogP contribution in [0.25, 0.3) is 11.1 Å². The van der Waals surface area contributed by atoms with Gasteiger partial charge in [-0.15, -0.1) is 0 Å². The van der Waals surface area contributed by atoms with Gasteiger partial charge in [0.25, 0.3) is 0 Å². The zero-order valence-corrected chi connectivity index (χ0v) is 16.3. The van der Waals surface area contributed by atoms with Gasteiger partial charge >= 0.3 is 5.97 Å². The number of carbonyl (C=O) groups excluding carboxylic acids is 1. The molecular weight excluding hydrogens is 362 g/mol. The number of esters is 1. The van der Waals surface area contributed by atoms with Crippen molar-refractivity contribution >= 4 is 5.97 Å². The van der Waals surface area contributed by atoms with Crippen LogP contribution in [-0.2, 0) is 15.1 Å². The van der Waals surface area contributed by atoms with E-state index in [1.807, 2.05) is 47.4 Å². The average molecular weight is 385 g/mol. The molecule has 3 aromatic carbocycles. The van der Waals surface area contributed by atoms with Crippen LogP contribution in [0.15, 0.2) is 78.9 Å². The maximum atomic E-state index is 12.8. The maximum absolute atomic E-state index is 12.8. The largest absolute Gasteiger partial charge is 0.466 e. The Kier molecular flexibility index (Phi) is 4.09. The van der Waals surface area contributed by atoms with Crippen LogP contribution in [0.4, 0.5) is 0 Å². The standard InChI is InChI=1S/C25H23NO3/c1-29-23(27)24(28)16-9-17-26(24)25(18-10-3-2-4-11-18)21-14-7-5-12-19(21)20-13-6-8-15-22(20)25/h2-8,10-15,28H,9,16-17H2,1H3. The van der Waals surface area contributed by atoms with Crippen molar-refractivity contribution in [3.8, 4) is 11.1 Å². The highest BCUT2D eigenvalue weighted by Gasteiger charge is 2.60. The van der Waals surface area contributed by atoms with Gasteiger partial charge in [-0.3, -0.25) is 0 Å². The number of rotatable bonds is 3. The molecule has 1 atom stereocenters. The molecule has 2 aliphatic rings. The normalized spacial score (nSPS) is 22.1. The highest BCUT2D eigenvalue weighted by Crippen LogP contribution is 2.57. The fourth-order valence-electron chi connectivity index (χ4n) is 5.27. The molecule has 0 aromatic heterocycles. The van der Waals surface area contributed by atoms with E-state index in [0.29, 0.717) is 19.4 Å². The molecule has 0 radical (unpaired) electrons. The molecule has 4 heteroatoms. The molecule has 1 saturated heterocycles. The Morgan fingerprint density at radius 1 is 0.897 bits per heavy atom. The number of nitrogens with zero attached hydrogens (tertiary/aromatic N) is 1. The summed E-state index contributed by atoms with van der Waals surface area (Å²) >= 11 is 0. The smallest absolute Gasteiger partial charge is 0.353 e. The number of hydrogen-bond acceptors (Lipinski definition) is 4. The van der Waals surface area contributed by atoms with Crippen molar-refractivity contribution in [2.24, 2.45) is 0 Å². The van der Waals surface area contributed by atoms with Gasteiger partial charge in [-0.05, 0) is 34.2 Å². The lowest BCUT2D eigenvalue weighted by molar-refractivity contribution is -0.187. The molecule has 1 N–H and O–H groups in total. The van der Waals surface area contributed by atoms with Crippen molar-refractivity contribution in [1.82, 2.24) is 4.90 Å². The summed E-state index contributed by atoms with van der Waals surface area (Å²) < 4.78 is 5.05. The summed E-state index contributed by atoms with van der Waals surface area (Å²) in [7, 11) is 1.34. The number of benzene rings is 3. The number of hydrogen-bond donors (Lipinski definition) is 1. The highest BCUT2D eigenvalue weighted by atomic mass is 16.5. The summed E-state index contributed by atoms with van der Waals surface area (Å²) in [5.41, 5.74) is 3.00. The quantitative estimate of drug-likeness (QED) is 0.695. The molecule has 146 valence electrons. The minimum atomic E-state index is -1.69.